The summed E-state index contributed by atoms with van der Waals surface area (Å²) in [6, 6.07) is 9.05. The Kier molecular flexibility index (Phi) is 8.25. The lowest BCUT2D eigenvalue weighted by molar-refractivity contribution is -0.122. The highest BCUT2D eigenvalue weighted by molar-refractivity contribution is 5.80. The van der Waals surface area contributed by atoms with Crippen LogP contribution in [0.5, 0.6) is 0 Å². The Morgan fingerprint density at radius 1 is 0.900 bits per heavy atom. The molecule has 1 aromatic carbocycles. The van der Waals surface area contributed by atoms with E-state index in [1.54, 1.807) is 0 Å². The summed E-state index contributed by atoms with van der Waals surface area (Å²) >= 11 is 0. The van der Waals surface area contributed by atoms with Crippen LogP contribution in [-0.4, -0.2) is 5.78 Å². The number of benzene rings is 1. The van der Waals surface area contributed by atoms with Crippen LogP contribution in [0, 0.1) is 5.92 Å². The molecule has 112 valence electrons. The Morgan fingerprint density at radius 2 is 1.40 bits per heavy atom. The van der Waals surface area contributed by atoms with Gasteiger partial charge < -0.3 is 0 Å². The molecule has 1 rings (SSSR count). The van der Waals surface area contributed by atoms with Gasteiger partial charge in [-0.1, -0.05) is 57.9 Å². The SMILES string of the molecule is CCCCCc1ccc(CCCCC(=O)C(C)C)cc1. The molecule has 0 spiro atoms. The van der Waals surface area contributed by atoms with E-state index < -0.39 is 0 Å². The zero-order valence-corrected chi connectivity index (χ0v) is 13.5. The van der Waals surface area contributed by atoms with Crippen LogP contribution in [0.25, 0.3) is 0 Å². The zero-order chi connectivity index (χ0) is 14.8. The zero-order valence-electron chi connectivity index (χ0n) is 13.5. The first-order chi connectivity index (χ1) is 9.63. The summed E-state index contributed by atoms with van der Waals surface area (Å²) in [4.78, 5) is 11.5. The third kappa shape index (κ3) is 6.88. The fourth-order valence-electron chi connectivity index (χ4n) is 2.37. The average molecular weight is 274 g/mol. The quantitative estimate of drug-likeness (QED) is 0.525. The highest BCUT2D eigenvalue weighted by atomic mass is 16.1. The van der Waals surface area contributed by atoms with E-state index >= 15 is 0 Å². The lowest BCUT2D eigenvalue weighted by atomic mass is 10.00. The lowest BCUT2D eigenvalue weighted by Gasteiger charge is -2.05. The summed E-state index contributed by atoms with van der Waals surface area (Å²) in [6.07, 6.45) is 9.10. The van der Waals surface area contributed by atoms with Gasteiger partial charge >= 0.3 is 0 Å². The molecule has 0 fully saturated rings. The molecule has 0 bridgehead atoms. The number of rotatable bonds is 10. The number of aryl methyl sites for hydroxylation is 2. The molecular weight excluding hydrogens is 244 g/mol. The minimum atomic E-state index is 0.192. The van der Waals surface area contributed by atoms with Crippen molar-refractivity contribution in [3.63, 3.8) is 0 Å². The van der Waals surface area contributed by atoms with Crippen LogP contribution in [0.15, 0.2) is 24.3 Å². The number of unbranched alkanes of at least 4 members (excludes halogenated alkanes) is 3. The van der Waals surface area contributed by atoms with Crippen molar-refractivity contribution in [2.75, 3.05) is 0 Å². The van der Waals surface area contributed by atoms with Gasteiger partial charge in [0, 0.05) is 12.3 Å². The minimum absolute atomic E-state index is 0.192. The summed E-state index contributed by atoms with van der Waals surface area (Å²) in [5, 5.41) is 0. The van der Waals surface area contributed by atoms with Gasteiger partial charge in [-0.05, 0) is 43.2 Å². The summed E-state index contributed by atoms with van der Waals surface area (Å²) in [7, 11) is 0. The molecule has 20 heavy (non-hydrogen) atoms. The van der Waals surface area contributed by atoms with Crippen LogP contribution < -0.4 is 0 Å². The second-order valence-corrected chi connectivity index (χ2v) is 6.10. The predicted molar refractivity (Wildman–Crippen MR) is 87.1 cm³/mol. The van der Waals surface area contributed by atoms with E-state index in [9.17, 15) is 4.79 Å². The van der Waals surface area contributed by atoms with Crippen molar-refractivity contribution >= 4 is 5.78 Å². The molecular formula is C19H30O. The molecule has 0 atom stereocenters. The molecule has 0 aromatic heterocycles. The average Bonchev–Trinajstić information content (AvgIpc) is 2.45. The fraction of sp³-hybridized carbons (Fsp3) is 0.632. The van der Waals surface area contributed by atoms with Gasteiger partial charge in [-0.25, -0.2) is 0 Å². The molecule has 0 aliphatic heterocycles. The highest BCUT2D eigenvalue weighted by Crippen LogP contribution is 2.12. The van der Waals surface area contributed by atoms with E-state index in [4.69, 9.17) is 0 Å². The molecule has 0 saturated carbocycles. The third-order valence-corrected chi connectivity index (χ3v) is 3.87. The number of carbonyl (C=O) groups excluding carboxylic acids is 1. The monoisotopic (exact) mass is 274 g/mol. The first-order valence-electron chi connectivity index (χ1n) is 8.24. The van der Waals surface area contributed by atoms with E-state index in [0.717, 1.165) is 25.7 Å². The third-order valence-electron chi connectivity index (χ3n) is 3.87. The van der Waals surface area contributed by atoms with Crippen LogP contribution in [-0.2, 0) is 17.6 Å². The van der Waals surface area contributed by atoms with Gasteiger partial charge in [0.05, 0.1) is 0 Å². The number of Topliss-reactive ketones (excluding diaryl/α,β-unsaturated/α-hetero) is 1. The second-order valence-electron chi connectivity index (χ2n) is 6.10. The molecule has 0 amide bonds. The number of hydrogen-bond acceptors (Lipinski definition) is 1. The first-order valence-corrected chi connectivity index (χ1v) is 8.24. The summed E-state index contributed by atoms with van der Waals surface area (Å²) in [6.45, 7) is 6.21. The van der Waals surface area contributed by atoms with Crippen LogP contribution in [0.2, 0.25) is 0 Å². The molecule has 0 N–H and O–H groups in total. The molecule has 1 heteroatoms. The molecule has 0 heterocycles. The Balaban J connectivity index is 2.22. The molecule has 0 saturated heterocycles. The largest absolute Gasteiger partial charge is 0.299 e. The molecule has 0 aliphatic carbocycles. The fourth-order valence-corrected chi connectivity index (χ4v) is 2.37. The Hall–Kier alpha value is -1.11. The lowest BCUT2D eigenvalue weighted by Crippen LogP contribution is -2.06. The van der Waals surface area contributed by atoms with Gasteiger partial charge in [0.25, 0.3) is 0 Å². The van der Waals surface area contributed by atoms with Crippen molar-refractivity contribution in [3.05, 3.63) is 35.4 Å². The van der Waals surface area contributed by atoms with E-state index in [0.29, 0.717) is 5.78 Å². The van der Waals surface area contributed by atoms with Crippen molar-refractivity contribution in [1.82, 2.24) is 0 Å². The van der Waals surface area contributed by atoms with E-state index in [-0.39, 0.29) is 5.92 Å². The summed E-state index contributed by atoms with van der Waals surface area (Å²) in [5.74, 6) is 0.591. The van der Waals surface area contributed by atoms with Gasteiger partial charge in [0.2, 0.25) is 0 Å². The van der Waals surface area contributed by atoms with Crippen molar-refractivity contribution in [2.45, 2.75) is 72.1 Å². The molecule has 0 unspecified atom stereocenters. The van der Waals surface area contributed by atoms with Crippen LogP contribution in [0.4, 0.5) is 0 Å². The van der Waals surface area contributed by atoms with Gasteiger partial charge in [0.1, 0.15) is 5.78 Å². The molecule has 1 aromatic rings. The Bertz CT molecular complexity index is 375. The van der Waals surface area contributed by atoms with Crippen LogP contribution >= 0.6 is 0 Å². The summed E-state index contributed by atoms with van der Waals surface area (Å²) in [5.41, 5.74) is 2.86. The van der Waals surface area contributed by atoms with Crippen molar-refractivity contribution < 1.29 is 4.79 Å². The second kappa shape index (κ2) is 9.74. The normalized spacial score (nSPS) is 11.0. The van der Waals surface area contributed by atoms with Gasteiger partial charge in [-0.15, -0.1) is 0 Å². The summed E-state index contributed by atoms with van der Waals surface area (Å²) < 4.78 is 0. The van der Waals surface area contributed by atoms with Crippen molar-refractivity contribution in [1.29, 1.82) is 0 Å². The van der Waals surface area contributed by atoms with Crippen molar-refractivity contribution in [2.24, 2.45) is 5.92 Å². The molecule has 1 nitrogen and oxygen atoms in total. The maximum absolute atomic E-state index is 11.5. The molecule has 0 aliphatic rings. The number of ketones is 1. The number of carbonyl (C=O) groups is 1. The van der Waals surface area contributed by atoms with Gasteiger partial charge in [0.15, 0.2) is 0 Å². The van der Waals surface area contributed by atoms with Crippen LogP contribution in [0.1, 0.15) is 70.4 Å². The van der Waals surface area contributed by atoms with Crippen molar-refractivity contribution in [3.8, 4) is 0 Å². The maximum atomic E-state index is 11.5. The minimum Gasteiger partial charge on any atom is -0.299 e. The van der Waals surface area contributed by atoms with Gasteiger partial charge in [-0.3, -0.25) is 4.79 Å². The van der Waals surface area contributed by atoms with E-state index in [1.807, 2.05) is 13.8 Å². The Labute approximate surface area is 124 Å². The first kappa shape index (κ1) is 16.9. The predicted octanol–water partition coefficient (Wildman–Crippen LogP) is 5.36. The smallest absolute Gasteiger partial charge is 0.135 e. The van der Waals surface area contributed by atoms with Gasteiger partial charge in [-0.2, -0.15) is 0 Å². The standard InChI is InChI=1S/C19H30O/c1-4-5-6-9-17-12-14-18(15-13-17)10-7-8-11-19(20)16(2)3/h12-16H,4-11H2,1-3H3. The van der Waals surface area contributed by atoms with E-state index in [2.05, 4.69) is 31.2 Å². The topological polar surface area (TPSA) is 17.1 Å². The maximum Gasteiger partial charge on any atom is 0.135 e. The molecule has 0 radical (unpaired) electrons. The Morgan fingerprint density at radius 3 is 1.85 bits per heavy atom. The van der Waals surface area contributed by atoms with E-state index in [1.165, 1.54) is 36.8 Å². The highest BCUT2D eigenvalue weighted by Gasteiger charge is 2.06. The number of hydrogen-bond donors (Lipinski definition) is 0. The van der Waals surface area contributed by atoms with Crippen LogP contribution in [0.3, 0.4) is 0 Å².